The Morgan fingerprint density at radius 2 is 1.75 bits per heavy atom. The number of alkyl halides is 3. The van der Waals surface area contributed by atoms with Gasteiger partial charge in [0.15, 0.2) is 0 Å². The van der Waals surface area contributed by atoms with Crippen LogP contribution in [0.3, 0.4) is 0 Å². The highest BCUT2D eigenvalue weighted by Gasteiger charge is 2.31. The fraction of sp³-hybridized carbons (Fsp3) is 0.467. The zero-order chi connectivity index (χ0) is 17.9. The molecule has 0 saturated carbocycles. The van der Waals surface area contributed by atoms with Crippen LogP contribution in [0.2, 0.25) is 5.02 Å². The van der Waals surface area contributed by atoms with E-state index in [-0.39, 0.29) is 29.1 Å². The van der Waals surface area contributed by atoms with E-state index in [9.17, 15) is 22.8 Å². The van der Waals surface area contributed by atoms with Crippen LogP contribution in [0.1, 0.15) is 12.5 Å². The summed E-state index contributed by atoms with van der Waals surface area (Å²) in [5.74, 6) is -0.231. The lowest BCUT2D eigenvalue weighted by molar-refractivity contribution is -0.137. The van der Waals surface area contributed by atoms with Crippen LogP contribution in [0.25, 0.3) is 0 Å². The third-order valence-corrected chi connectivity index (χ3v) is 4.12. The molecule has 1 aliphatic heterocycles. The van der Waals surface area contributed by atoms with Gasteiger partial charge < -0.3 is 15.1 Å². The summed E-state index contributed by atoms with van der Waals surface area (Å²) >= 11 is 5.83. The highest BCUT2D eigenvalue weighted by atomic mass is 35.5. The molecule has 0 unspecified atom stereocenters. The summed E-state index contributed by atoms with van der Waals surface area (Å²) in [7, 11) is 0. The number of carbonyl (C=O) groups excluding carboxylic acids is 2. The Morgan fingerprint density at radius 3 is 2.25 bits per heavy atom. The molecule has 0 atom stereocenters. The third-order valence-electron chi connectivity index (χ3n) is 3.80. The molecule has 1 fully saturated rings. The van der Waals surface area contributed by atoms with Crippen molar-refractivity contribution in [2.45, 2.75) is 13.1 Å². The van der Waals surface area contributed by atoms with Crippen LogP contribution >= 0.6 is 11.6 Å². The first-order valence-corrected chi connectivity index (χ1v) is 7.70. The molecule has 1 heterocycles. The van der Waals surface area contributed by atoms with Crippen molar-refractivity contribution in [3.8, 4) is 0 Å². The molecule has 1 aromatic rings. The Morgan fingerprint density at radius 1 is 1.17 bits per heavy atom. The van der Waals surface area contributed by atoms with Crippen LogP contribution in [0.5, 0.6) is 0 Å². The van der Waals surface area contributed by atoms with Crippen molar-refractivity contribution >= 4 is 29.1 Å². The highest BCUT2D eigenvalue weighted by molar-refractivity contribution is 6.33. The smallest absolute Gasteiger partial charge is 0.375 e. The van der Waals surface area contributed by atoms with E-state index in [1.807, 2.05) is 0 Å². The lowest BCUT2D eigenvalue weighted by atomic mass is 10.2. The first-order valence-electron chi connectivity index (χ1n) is 7.32. The number of anilines is 1. The van der Waals surface area contributed by atoms with Crippen LogP contribution in [0, 0.1) is 0 Å². The second kappa shape index (κ2) is 7.29. The monoisotopic (exact) mass is 363 g/mol. The normalized spacial score (nSPS) is 15.4. The molecule has 0 aliphatic carbocycles. The third kappa shape index (κ3) is 4.53. The molecule has 0 spiro atoms. The van der Waals surface area contributed by atoms with Gasteiger partial charge in [0, 0.05) is 33.1 Å². The summed E-state index contributed by atoms with van der Waals surface area (Å²) in [5, 5.41) is 2.65. The predicted molar refractivity (Wildman–Crippen MR) is 83.8 cm³/mol. The van der Waals surface area contributed by atoms with Crippen molar-refractivity contribution in [3.05, 3.63) is 28.8 Å². The van der Waals surface area contributed by atoms with Gasteiger partial charge in [0.25, 0.3) is 0 Å². The molecular weight excluding hydrogens is 347 g/mol. The van der Waals surface area contributed by atoms with Gasteiger partial charge in [0.1, 0.15) is 0 Å². The topological polar surface area (TPSA) is 52.7 Å². The minimum atomic E-state index is -4.46. The number of hydrogen-bond donors (Lipinski definition) is 1. The molecule has 9 heteroatoms. The summed E-state index contributed by atoms with van der Waals surface area (Å²) in [6.07, 6.45) is -4.46. The predicted octanol–water partition coefficient (Wildman–Crippen LogP) is 2.46. The number of carbonyl (C=O) groups is 2. The van der Waals surface area contributed by atoms with Crippen LogP contribution < -0.4 is 5.32 Å². The Kier molecular flexibility index (Phi) is 5.58. The zero-order valence-corrected chi connectivity index (χ0v) is 13.7. The van der Waals surface area contributed by atoms with E-state index in [0.29, 0.717) is 26.2 Å². The number of nitrogens with zero attached hydrogens (tertiary/aromatic N) is 2. The van der Waals surface area contributed by atoms with Crippen LogP contribution in [-0.4, -0.2) is 54.3 Å². The van der Waals surface area contributed by atoms with Crippen molar-refractivity contribution in [2.24, 2.45) is 0 Å². The van der Waals surface area contributed by atoms with Gasteiger partial charge in [0.05, 0.1) is 22.8 Å². The van der Waals surface area contributed by atoms with Gasteiger partial charge in [0.2, 0.25) is 11.8 Å². The van der Waals surface area contributed by atoms with E-state index in [1.54, 1.807) is 9.80 Å². The van der Waals surface area contributed by atoms with Crippen molar-refractivity contribution in [1.29, 1.82) is 0 Å². The molecule has 0 bridgehead atoms. The average Bonchev–Trinajstić information content (AvgIpc) is 2.52. The van der Waals surface area contributed by atoms with E-state index >= 15 is 0 Å². The van der Waals surface area contributed by atoms with E-state index < -0.39 is 11.7 Å². The maximum atomic E-state index is 12.6. The standard InChI is InChI=1S/C15H17ClF3N3O2/c1-10(23)21-4-6-22(7-5-21)14(24)9-20-13-3-2-11(8-12(13)16)15(17,18)19/h2-3,8,20H,4-7,9H2,1H3. The number of nitrogens with one attached hydrogen (secondary N) is 1. The molecule has 0 radical (unpaired) electrons. The molecule has 2 amide bonds. The Hall–Kier alpha value is -1.96. The number of rotatable bonds is 3. The van der Waals surface area contributed by atoms with Gasteiger partial charge in [-0.25, -0.2) is 0 Å². The maximum Gasteiger partial charge on any atom is 0.416 e. The minimum absolute atomic E-state index is 0.0308. The number of piperazine rings is 1. The summed E-state index contributed by atoms with van der Waals surface area (Å²) in [6.45, 7) is 3.21. The molecule has 132 valence electrons. The SMILES string of the molecule is CC(=O)N1CCN(C(=O)CNc2ccc(C(F)(F)F)cc2Cl)CC1. The van der Waals surface area contributed by atoms with Crippen molar-refractivity contribution in [1.82, 2.24) is 9.80 Å². The van der Waals surface area contributed by atoms with E-state index in [0.717, 1.165) is 12.1 Å². The quantitative estimate of drug-likeness (QED) is 0.897. The number of hydrogen-bond acceptors (Lipinski definition) is 3. The minimum Gasteiger partial charge on any atom is -0.375 e. The van der Waals surface area contributed by atoms with Gasteiger partial charge in [-0.3, -0.25) is 9.59 Å². The van der Waals surface area contributed by atoms with Gasteiger partial charge >= 0.3 is 6.18 Å². The fourth-order valence-corrected chi connectivity index (χ4v) is 2.64. The van der Waals surface area contributed by atoms with E-state index in [4.69, 9.17) is 11.6 Å². The highest BCUT2D eigenvalue weighted by Crippen LogP contribution is 2.33. The lowest BCUT2D eigenvalue weighted by Gasteiger charge is -2.34. The van der Waals surface area contributed by atoms with Gasteiger partial charge in [-0.05, 0) is 18.2 Å². The Balaban J connectivity index is 1.89. The van der Waals surface area contributed by atoms with Crippen molar-refractivity contribution in [3.63, 3.8) is 0 Å². The molecule has 0 aromatic heterocycles. The second-order valence-corrected chi connectivity index (χ2v) is 5.84. The molecule has 1 aromatic carbocycles. The zero-order valence-electron chi connectivity index (χ0n) is 13.0. The molecule has 1 N–H and O–H groups in total. The average molecular weight is 364 g/mol. The molecular formula is C15H17ClF3N3O2. The molecule has 24 heavy (non-hydrogen) atoms. The summed E-state index contributed by atoms with van der Waals surface area (Å²) < 4.78 is 37.7. The summed E-state index contributed by atoms with van der Waals surface area (Å²) in [6, 6.07) is 2.93. The maximum absolute atomic E-state index is 12.6. The number of benzene rings is 1. The van der Waals surface area contributed by atoms with Crippen molar-refractivity contribution < 1.29 is 22.8 Å². The molecule has 1 aliphatic rings. The van der Waals surface area contributed by atoms with Crippen molar-refractivity contribution in [2.75, 3.05) is 38.0 Å². The number of amides is 2. The van der Waals surface area contributed by atoms with E-state index in [1.165, 1.54) is 13.0 Å². The molecule has 2 rings (SSSR count). The first kappa shape index (κ1) is 18.4. The van der Waals surface area contributed by atoms with E-state index in [2.05, 4.69) is 5.32 Å². The lowest BCUT2D eigenvalue weighted by Crippen LogP contribution is -2.51. The van der Waals surface area contributed by atoms with Crippen LogP contribution in [-0.2, 0) is 15.8 Å². The van der Waals surface area contributed by atoms with Gasteiger partial charge in [-0.1, -0.05) is 11.6 Å². The largest absolute Gasteiger partial charge is 0.416 e. The van der Waals surface area contributed by atoms with Crippen LogP contribution in [0.4, 0.5) is 18.9 Å². The molecule has 5 nitrogen and oxygen atoms in total. The second-order valence-electron chi connectivity index (χ2n) is 5.43. The van der Waals surface area contributed by atoms with Crippen LogP contribution in [0.15, 0.2) is 18.2 Å². The number of halogens is 4. The Labute approximate surface area is 142 Å². The molecule has 1 saturated heterocycles. The summed E-state index contributed by atoms with van der Waals surface area (Å²) in [5.41, 5.74) is -0.579. The Bertz CT molecular complexity index is 629. The summed E-state index contributed by atoms with van der Waals surface area (Å²) in [4.78, 5) is 26.6. The fourth-order valence-electron chi connectivity index (χ4n) is 2.39. The first-order chi connectivity index (χ1) is 11.2. The van der Waals surface area contributed by atoms with Gasteiger partial charge in [-0.15, -0.1) is 0 Å². The van der Waals surface area contributed by atoms with Gasteiger partial charge in [-0.2, -0.15) is 13.2 Å².